The summed E-state index contributed by atoms with van der Waals surface area (Å²) in [6.45, 7) is 0. The van der Waals surface area contributed by atoms with Crippen molar-refractivity contribution in [2.75, 3.05) is 5.32 Å². The van der Waals surface area contributed by atoms with Gasteiger partial charge in [0.15, 0.2) is 0 Å². The highest BCUT2D eigenvalue weighted by molar-refractivity contribution is 14.1. The Kier molecular flexibility index (Phi) is 3.70. The first kappa shape index (κ1) is 13.8. The lowest BCUT2D eigenvalue weighted by molar-refractivity contribution is -0.116. The topological polar surface area (TPSA) is 64.4 Å². The maximum atomic E-state index is 11.6. The van der Waals surface area contributed by atoms with Crippen LogP contribution in [-0.4, -0.2) is 5.91 Å². The largest absolute Gasteiger partial charge is 0.456 e. The zero-order valence-corrected chi connectivity index (χ0v) is 13.9. The normalized spacial score (nSPS) is 16.8. The lowest BCUT2D eigenvalue weighted by Gasteiger charge is -2.10. The van der Waals surface area contributed by atoms with Crippen molar-refractivity contribution in [3.05, 3.63) is 50.0 Å². The van der Waals surface area contributed by atoms with Gasteiger partial charge in [0, 0.05) is 20.9 Å². The van der Waals surface area contributed by atoms with Gasteiger partial charge in [-0.1, -0.05) is 6.07 Å². The van der Waals surface area contributed by atoms with Crippen LogP contribution in [0.4, 0.5) is 5.69 Å². The fourth-order valence-electron chi connectivity index (χ4n) is 2.02. The molecule has 20 heavy (non-hydrogen) atoms. The molecule has 0 aromatic heterocycles. The molecule has 3 N–H and O–H groups in total. The molecule has 1 atom stereocenters. The van der Waals surface area contributed by atoms with Gasteiger partial charge in [0.1, 0.15) is 17.5 Å². The van der Waals surface area contributed by atoms with E-state index in [9.17, 15) is 4.79 Å². The molecule has 0 aliphatic carbocycles. The van der Waals surface area contributed by atoms with Gasteiger partial charge in [-0.15, -0.1) is 0 Å². The minimum Gasteiger partial charge on any atom is -0.456 e. The van der Waals surface area contributed by atoms with Gasteiger partial charge in [-0.2, -0.15) is 0 Å². The predicted molar refractivity (Wildman–Crippen MR) is 88.9 cm³/mol. The third-order valence-corrected chi connectivity index (χ3v) is 4.29. The van der Waals surface area contributed by atoms with Gasteiger partial charge in [0.25, 0.3) is 0 Å². The maximum absolute atomic E-state index is 11.6. The van der Waals surface area contributed by atoms with E-state index >= 15 is 0 Å². The Bertz CT molecular complexity index is 706. The minimum atomic E-state index is -0.618. The highest BCUT2D eigenvalue weighted by Gasteiger charge is 2.28. The van der Waals surface area contributed by atoms with E-state index in [1.165, 1.54) is 0 Å². The maximum Gasteiger partial charge on any atom is 0.245 e. The third kappa shape index (κ3) is 2.55. The Hall–Kier alpha value is -1.12. The minimum absolute atomic E-state index is 0.196. The monoisotopic (exact) mass is 444 g/mol. The van der Waals surface area contributed by atoms with Gasteiger partial charge in [0.2, 0.25) is 5.91 Å². The first-order valence-corrected chi connectivity index (χ1v) is 7.75. The Labute approximate surface area is 138 Å². The molecule has 0 saturated carbocycles. The van der Waals surface area contributed by atoms with E-state index in [2.05, 4.69) is 43.8 Å². The van der Waals surface area contributed by atoms with E-state index in [1.807, 2.05) is 30.3 Å². The number of ether oxygens (including phenoxy) is 1. The van der Waals surface area contributed by atoms with Crippen molar-refractivity contribution in [1.82, 2.24) is 0 Å². The lowest BCUT2D eigenvalue weighted by atomic mass is 10.1. The molecule has 1 heterocycles. The van der Waals surface area contributed by atoms with E-state index in [0.29, 0.717) is 11.4 Å². The molecule has 1 amide bonds. The molecule has 3 rings (SSSR count). The molecule has 102 valence electrons. The van der Waals surface area contributed by atoms with Crippen molar-refractivity contribution in [3.8, 4) is 11.5 Å². The second-order valence-electron chi connectivity index (χ2n) is 4.40. The van der Waals surface area contributed by atoms with Crippen LogP contribution in [0.15, 0.2) is 40.9 Å². The van der Waals surface area contributed by atoms with E-state index in [1.54, 1.807) is 6.07 Å². The summed E-state index contributed by atoms with van der Waals surface area (Å²) in [7, 11) is 0. The molecule has 2 aromatic rings. The predicted octanol–water partition coefficient (Wildman–Crippen LogP) is 3.80. The standard InChI is InChI=1S/C14H10BrIN2O2/c15-10-5-9-11(18-14(19)13(9)17)6-12(10)20-8-3-1-2-7(16)4-8/h1-6,13H,17H2,(H,18,19). The van der Waals surface area contributed by atoms with Crippen LogP contribution in [0.25, 0.3) is 0 Å². The number of carbonyl (C=O) groups excluding carboxylic acids is 1. The smallest absolute Gasteiger partial charge is 0.245 e. The second-order valence-corrected chi connectivity index (χ2v) is 6.50. The first-order valence-electron chi connectivity index (χ1n) is 5.88. The van der Waals surface area contributed by atoms with Crippen LogP contribution < -0.4 is 15.8 Å². The second kappa shape index (κ2) is 5.34. The van der Waals surface area contributed by atoms with E-state index in [4.69, 9.17) is 10.5 Å². The summed E-state index contributed by atoms with van der Waals surface area (Å²) in [4.78, 5) is 11.6. The van der Waals surface area contributed by atoms with Crippen molar-refractivity contribution in [2.24, 2.45) is 5.73 Å². The molecular formula is C14H10BrIN2O2. The average Bonchev–Trinajstić information content (AvgIpc) is 2.66. The first-order chi connectivity index (χ1) is 9.54. The van der Waals surface area contributed by atoms with Crippen molar-refractivity contribution in [3.63, 3.8) is 0 Å². The molecule has 4 nitrogen and oxygen atoms in total. The van der Waals surface area contributed by atoms with Gasteiger partial charge in [-0.25, -0.2) is 0 Å². The number of halogens is 2. The molecular weight excluding hydrogens is 435 g/mol. The van der Waals surface area contributed by atoms with Crippen molar-refractivity contribution >= 4 is 50.1 Å². The number of nitrogens with two attached hydrogens (primary N) is 1. The van der Waals surface area contributed by atoms with Gasteiger partial charge in [-0.05, 0) is 62.8 Å². The number of rotatable bonds is 2. The fourth-order valence-corrected chi connectivity index (χ4v) is 2.98. The van der Waals surface area contributed by atoms with Crippen LogP contribution in [0.1, 0.15) is 11.6 Å². The van der Waals surface area contributed by atoms with Crippen molar-refractivity contribution in [2.45, 2.75) is 6.04 Å². The highest BCUT2D eigenvalue weighted by atomic mass is 127. The molecule has 0 spiro atoms. The highest BCUT2D eigenvalue weighted by Crippen LogP contribution is 2.39. The molecule has 1 aliphatic rings. The van der Waals surface area contributed by atoms with Crippen LogP contribution in [-0.2, 0) is 4.79 Å². The number of anilines is 1. The average molecular weight is 445 g/mol. The van der Waals surface area contributed by atoms with Crippen LogP contribution in [0.2, 0.25) is 0 Å². The van der Waals surface area contributed by atoms with Gasteiger partial charge >= 0.3 is 0 Å². The number of hydrogen-bond acceptors (Lipinski definition) is 3. The summed E-state index contributed by atoms with van der Waals surface area (Å²) >= 11 is 5.68. The Morgan fingerprint density at radius 2 is 2.10 bits per heavy atom. The zero-order valence-electron chi connectivity index (χ0n) is 10.2. The fraction of sp³-hybridized carbons (Fsp3) is 0.0714. The third-order valence-electron chi connectivity index (χ3n) is 3.00. The number of carbonyl (C=O) groups is 1. The molecule has 1 aliphatic heterocycles. The summed E-state index contributed by atoms with van der Waals surface area (Å²) in [5, 5.41) is 2.75. The van der Waals surface area contributed by atoms with E-state index in [-0.39, 0.29) is 5.91 Å². The lowest BCUT2D eigenvalue weighted by Crippen LogP contribution is -2.19. The summed E-state index contributed by atoms with van der Waals surface area (Å²) in [6.07, 6.45) is 0. The Morgan fingerprint density at radius 1 is 1.30 bits per heavy atom. The molecule has 0 radical (unpaired) electrons. The number of hydrogen-bond donors (Lipinski definition) is 2. The van der Waals surface area contributed by atoms with Crippen molar-refractivity contribution in [1.29, 1.82) is 0 Å². The number of amides is 1. The number of benzene rings is 2. The van der Waals surface area contributed by atoms with E-state index < -0.39 is 6.04 Å². The number of nitrogens with one attached hydrogen (secondary N) is 1. The van der Waals surface area contributed by atoms with Crippen molar-refractivity contribution < 1.29 is 9.53 Å². The van der Waals surface area contributed by atoms with Crippen LogP contribution in [0.5, 0.6) is 11.5 Å². The molecule has 0 saturated heterocycles. The molecule has 0 bridgehead atoms. The molecule has 6 heteroatoms. The summed E-state index contributed by atoms with van der Waals surface area (Å²) in [5.74, 6) is 1.18. The zero-order chi connectivity index (χ0) is 14.3. The SMILES string of the molecule is NC1C(=O)Nc2cc(Oc3cccc(I)c3)c(Br)cc21. The van der Waals surface area contributed by atoms with Gasteiger partial charge in [-0.3, -0.25) is 4.79 Å². The quantitative estimate of drug-likeness (QED) is 0.692. The molecule has 1 unspecified atom stereocenters. The molecule has 0 fully saturated rings. The van der Waals surface area contributed by atoms with Crippen LogP contribution >= 0.6 is 38.5 Å². The van der Waals surface area contributed by atoms with Gasteiger partial charge < -0.3 is 15.8 Å². The summed E-state index contributed by atoms with van der Waals surface area (Å²) in [5.41, 5.74) is 7.28. The molecule has 2 aromatic carbocycles. The Morgan fingerprint density at radius 3 is 2.85 bits per heavy atom. The Balaban J connectivity index is 1.96. The van der Waals surface area contributed by atoms with E-state index in [0.717, 1.165) is 19.4 Å². The summed E-state index contributed by atoms with van der Waals surface area (Å²) in [6, 6.07) is 10.7. The van der Waals surface area contributed by atoms with Gasteiger partial charge in [0.05, 0.1) is 4.47 Å². The van der Waals surface area contributed by atoms with Crippen LogP contribution in [0.3, 0.4) is 0 Å². The number of fused-ring (bicyclic) bond motifs is 1. The van der Waals surface area contributed by atoms with Crippen LogP contribution in [0, 0.1) is 3.57 Å². The summed E-state index contributed by atoms with van der Waals surface area (Å²) < 4.78 is 7.70.